The molecule has 1 aromatic heterocycles. The van der Waals surface area contributed by atoms with E-state index < -0.39 is 0 Å². The number of halogens is 1. The Morgan fingerprint density at radius 1 is 0.667 bits per heavy atom. The van der Waals surface area contributed by atoms with Gasteiger partial charge in [0.05, 0.1) is 11.4 Å². The first-order valence-electron chi connectivity index (χ1n) is 7.59. The quantitative estimate of drug-likeness (QED) is 0.584. The van der Waals surface area contributed by atoms with Crippen molar-refractivity contribution in [3.8, 4) is 22.5 Å². The summed E-state index contributed by atoms with van der Waals surface area (Å²) in [5, 5.41) is 2.30. The van der Waals surface area contributed by atoms with Gasteiger partial charge in [0.1, 0.15) is 5.82 Å². The fourth-order valence-electron chi connectivity index (χ4n) is 2.73. The van der Waals surface area contributed by atoms with Crippen molar-refractivity contribution in [2.75, 3.05) is 5.73 Å². The Kier molecular flexibility index (Phi) is 3.43. The van der Waals surface area contributed by atoms with Crippen LogP contribution in [0.3, 0.4) is 0 Å². The second-order valence-corrected chi connectivity index (χ2v) is 5.57. The lowest BCUT2D eigenvalue weighted by molar-refractivity contribution is 0.628. The molecule has 3 nitrogen and oxygen atoms in total. The summed E-state index contributed by atoms with van der Waals surface area (Å²) in [7, 11) is 0. The van der Waals surface area contributed by atoms with Gasteiger partial charge in [-0.3, -0.25) is 0 Å². The van der Waals surface area contributed by atoms with Crippen LogP contribution in [0.1, 0.15) is 0 Å². The van der Waals surface area contributed by atoms with Crippen LogP contribution in [0.15, 0.2) is 72.8 Å². The minimum atomic E-state index is -0.282. The molecule has 0 amide bonds. The van der Waals surface area contributed by atoms with E-state index in [-0.39, 0.29) is 11.8 Å². The molecule has 4 rings (SSSR count). The van der Waals surface area contributed by atoms with Crippen molar-refractivity contribution in [2.24, 2.45) is 0 Å². The smallest absolute Gasteiger partial charge is 0.221 e. The van der Waals surface area contributed by atoms with Gasteiger partial charge in [-0.1, -0.05) is 36.4 Å². The fourth-order valence-corrected chi connectivity index (χ4v) is 2.73. The molecule has 3 aromatic carbocycles. The van der Waals surface area contributed by atoms with Crippen molar-refractivity contribution in [1.82, 2.24) is 9.97 Å². The fraction of sp³-hybridized carbons (Fsp3) is 0. The van der Waals surface area contributed by atoms with Crippen LogP contribution in [0.4, 0.5) is 10.3 Å². The summed E-state index contributed by atoms with van der Waals surface area (Å²) >= 11 is 0. The van der Waals surface area contributed by atoms with Crippen molar-refractivity contribution >= 4 is 16.7 Å². The summed E-state index contributed by atoms with van der Waals surface area (Å²) in [5.41, 5.74) is 9.06. The van der Waals surface area contributed by atoms with Crippen LogP contribution in [0.25, 0.3) is 33.3 Å². The van der Waals surface area contributed by atoms with E-state index in [2.05, 4.69) is 34.2 Å². The number of fused-ring (bicyclic) bond motifs is 1. The van der Waals surface area contributed by atoms with Gasteiger partial charge >= 0.3 is 0 Å². The Bertz CT molecular complexity index is 1030. The molecule has 4 aromatic rings. The van der Waals surface area contributed by atoms with Gasteiger partial charge in [-0.05, 0) is 47.2 Å². The van der Waals surface area contributed by atoms with Crippen molar-refractivity contribution in [3.05, 3.63) is 78.6 Å². The first-order valence-corrected chi connectivity index (χ1v) is 7.59. The first-order chi connectivity index (χ1) is 11.7. The SMILES string of the molecule is Nc1nc(-c2ccc(F)cc2)cc(-c2ccc3ccccc3c2)n1. The lowest BCUT2D eigenvalue weighted by Crippen LogP contribution is -1.98. The number of nitrogen functional groups attached to an aromatic ring is 1. The molecule has 116 valence electrons. The van der Waals surface area contributed by atoms with Gasteiger partial charge in [-0.15, -0.1) is 0 Å². The number of anilines is 1. The lowest BCUT2D eigenvalue weighted by atomic mass is 10.0. The molecule has 0 unspecified atom stereocenters. The highest BCUT2D eigenvalue weighted by Crippen LogP contribution is 2.27. The third-order valence-corrected chi connectivity index (χ3v) is 3.93. The van der Waals surface area contributed by atoms with E-state index in [0.717, 1.165) is 22.2 Å². The molecule has 0 radical (unpaired) electrons. The summed E-state index contributed by atoms with van der Waals surface area (Å²) < 4.78 is 13.1. The second kappa shape index (κ2) is 5.74. The van der Waals surface area contributed by atoms with Crippen molar-refractivity contribution < 1.29 is 4.39 Å². The summed E-state index contributed by atoms with van der Waals surface area (Å²) in [6.45, 7) is 0. The molecular weight excluding hydrogens is 301 g/mol. The summed E-state index contributed by atoms with van der Waals surface area (Å²) in [5.74, 6) is -0.0875. The largest absolute Gasteiger partial charge is 0.368 e. The Labute approximate surface area is 138 Å². The molecule has 0 aliphatic carbocycles. The number of hydrogen-bond acceptors (Lipinski definition) is 3. The van der Waals surface area contributed by atoms with Crippen LogP contribution in [-0.4, -0.2) is 9.97 Å². The van der Waals surface area contributed by atoms with E-state index in [1.165, 1.54) is 17.5 Å². The van der Waals surface area contributed by atoms with Crippen LogP contribution in [0.2, 0.25) is 0 Å². The van der Waals surface area contributed by atoms with Crippen molar-refractivity contribution in [1.29, 1.82) is 0 Å². The van der Waals surface area contributed by atoms with Crippen LogP contribution < -0.4 is 5.73 Å². The van der Waals surface area contributed by atoms with E-state index >= 15 is 0 Å². The van der Waals surface area contributed by atoms with Gasteiger partial charge in [-0.25, -0.2) is 14.4 Å². The van der Waals surface area contributed by atoms with Crippen LogP contribution in [-0.2, 0) is 0 Å². The van der Waals surface area contributed by atoms with Gasteiger partial charge in [-0.2, -0.15) is 0 Å². The Morgan fingerprint density at radius 2 is 1.29 bits per heavy atom. The molecule has 0 aliphatic heterocycles. The van der Waals surface area contributed by atoms with Gasteiger partial charge in [0.25, 0.3) is 0 Å². The Hall–Kier alpha value is -3.27. The highest BCUT2D eigenvalue weighted by atomic mass is 19.1. The third kappa shape index (κ3) is 2.70. The number of rotatable bonds is 2. The number of nitrogens with two attached hydrogens (primary N) is 1. The average Bonchev–Trinajstić information content (AvgIpc) is 2.61. The number of hydrogen-bond donors (Lipinski definition) is 1. The van der Waals surface area contributed by atoms with Crippen LogP contribution in [0, 0.1) is 5.82 Å². The molecule has 0 bridgehead atoms. The zero-order chi connectivity index (χ0) is 16.5. The van der Waals surface area contributed by atoms with Gasteiger partial charge in [0.15, 0.2) is 0 Å². The van der Waals surface area contributed by atoms with Crippen molar-refractivity contribution in [2.45, 2.75) is 0 Å². The van der Waals surface area contributed by atoms with E-state index in [9.17, 15) is 4.39 Å². The molecule has 0 saturated heterocycles. The van der Waals surface area contributed by atoms with Crippen molar-refractivity contribution in [3.63, 3.8) is 0 Å². The average molecular weight is 315 g/mol. The summed E-state index contributed by atoms with van der Waals surface area (Å²) in [4.78, 5) is 8.61. The lowest BCUT2D eigenvalue weighted by Gasteiger charge is -2.07. The molecule has 4 heteroatoms. The number of aromatic nitrogens is 2. The Balaban J connectivity index is 1.83. The molecule has 2 N–H and O–H groups in total. The topological polar surface area (TPSA) is 51.8 Å². The third-order valence-electron chi connectivity index (χ3n) is 3.93. The maximum absolute atomic E-state index is 13.1. The van der Waals surface area contributed by atoms with Crippen LogP contribution in [0.5, 0.6) is 0 Å². The predicted octanol–water partition coefficient (Wildman–Crippen LogP) is 4.69. The monoisotopic (exact) mass is 315 g/mol. The minimum Gasteiger partial charge on any atom is -0.368 e. The maximum atomic E-state index is 13.1. The normalized spacial score (nSPS) is 10.9. The minimum absolute atomic E-state index is 0.194. The second-order valence-electron chi connectivity index (χ2n) is 5.57. The molecule has 0 spiro atoms. The Morgan fingerprint density at radius 3 is 2.04 bits per heavy atom. The summed E-state index contributed by atoms with van der Waals surface area (Å²) in [6, 6.07) is 22.3. The molecule has 0 fully saturated rings. The summed E-state index contributed by atoms with van der Waals surface area (Å²) in [6.07, 6.45) is 0. The standard InChI is InChI=1S/C20H14FN3/c21-17-9-7-14(8-10-17)18-12-19(24-20(22)23-18)16-6-5-13-3-1-2-4-15(13)11-16/h1-12H,(H2,22,23,24). The van der Waals surface area contributed by atoms with Gasteiger partial charge in [0, 0.05) is 11.1 Å². The van der Waals surface area contributed by atoms with E-state index in [1.54, 1.807) is 12.1 Å². The number of benzene rings is 3. The van der Waals surface area contributed by atoms with E-state index in [0.29, 0.717) is 5.69 Å². The van der Waals surface area contributed by atoms with E-state index in [1.807, 2.05) is 24.3 Å². The highest BCUT2D eigenvalue weighted by molar-refractivity contribution is 5.87. The highest BCUT2D eigenvalue weighted by Gasteiger charge is 2.08. The maximum Gasteiger partial charge on any atom is 0.221 e. The molecule has 0 saturated carbocycles. The van der Waals surface area contributed by atoms with Crippen LogP contribution >= 0.6 is 0 Å². The molecular formula is C20H14FN3. The van der Waals surface area contributed by atoms with Gasteiger partial charge < -0.3 is 5.73 Å². The number of nitrogens with zero attached hydrogens (tertiary/aromatic N) is 2. The van der Waals surface area contributed by atoms with E-state index in [4.69, 9.17) is 5.73 Å². The molecule has 0 aliphatic rings. The van der Waals surface area contributed by atoms with Gasteiger partial charge in [0.2, 0.25) is 5.95 Å². The first kappa shape index (κ1) is 14.3. The molecule has 0 atom stereocenters. The molecule has 24 heavy (non-hydrogen) atoms. The molecule has 1 heterocycles. The zero-order valence-electron chi connectivity index (χ0n) is 12.8. The predicted molar refractivity (Wildman–Crippen MR) is 94.8 cm³/mol. The zero-order valence-corrected chi connectivity index (χ0v) is 12.8.